The molecule has 8 heteroatoms. The number of hydrogen-bond acceptors (Lipinski definition) is 6. The van der Waals surface area contributed by atoms with E-state index in [-0.39, 0.29) is 18.5 Å². The number of carbonyl (C=O) groups excluding carboxylic acids is 1. The fourth-order valence-electron chi connectivity index (χ4n) is 5.94. The molecule has 3 atom stereocenters. The summed E-state index contributed by atoms with van der Waals surface area (Å²) >= 11 is 0. The third kappa shape index (κ3) is 4.90. The van der Waals surface area contributed by atoms with Crippen molar-refractivity contribution in [3.63, 3.8) is 0 Å². The van der Waals surface area contributed by atoms with Crippen molar-refractivity contribution in [2.24, 2.45) is 11.5 Å². The van der Waals surface area contributed by atoms with E-state index in [4.69, 9.17) is 11.5 Å². The van der Waals surface area contributed by atoms with E-state index in [1.54, 1.807) is 18.2 Å². The van der Waals surface area contributed by atoms with Gasteiger partial charge in [-0.15, -0.1) is 0 Å². The molecule has 1 saturated heterocycles. The van der Waals surface area contributed by atoms with E-state index < -0.39 is 17.3 Å². The summed E-state index contributed by atoms with van der Waals surface area (Å²) in [6, 6.07) is 12.6. The van der Waals surface area contributed by atoms with Gasteiger partial charge in [-0.1, -0.05) is 31.4 Å². The average molecular weight is 514 g/mol. The van der Waals surface area contributed by atoms with Crippen LogP contribution < -0.4 is 16.8 Å². The molecule has 4 rings (SSSR count). The molecular weight excluding hydrogens is 478 g/mol. The number of primary amides is 1. The monoisotopic (exact) mass is 513 g/mol. The van der Waals surface area contributed by atoms with Crippen LogP contribution in [0, 0.1) is 11.3 Å². The van der Waals surface area contributed by atoms with Gasteiger partial charge in [-0.3, -0.25) is 9.59 Å². The Balaban J connectivity index is 1.74. The van der Waals surface area contributed by atoms with Gasteiger partial charge in [0.1, 0.15) is 11.5 Å². The number of hydrogen-bond donors (Lipinski definition) is 4. The van der Waals surface area contributed by atoms with Crippen LogP contribution in [0.2, 0.25) is 0 Å². The second-order valence-electron chi connectivity index (χ2n) is 10.4. The highest BCUT2D eigenvalue weighted by molar-refractivity contribution is 5.94. The zero-order valence-corrected chi connectivity index (χ0v) is 21.8. The molecule has 6 N–H and O–H groups in total. The summed E-state index contributed by atoms with van der Waals surface area (Å²) in [6.45, 7) is 11.2. The number of carbonyl (C=O) groups is 2. The minimum Gasteiger partial charge on any atom is -0.480 e. The molecule has 0 bridgehead atoms. The van der Waals surface area contributed by atoms with Crippen LogP contribution in [0.3, 0.4) is 0 Å². The molecule has 2 aromatic rings. The normalized spacial score (nSPS) is 20.9. The molecule has 1 amide bonds. The first-order valence-electron chi connectivity index (χ1n) is 12.9. The zero-order chi connectivity index (χ0) is 27.6. The van der Waals surface area contributed by atoms with E-state index in [1.807, 2.05) is 30.0 Å². The topological polar surface area (TPSA) is 145 Å². The summed E-state index contributed by atoms with van der Waals surface area (Å²) in [4.78, 5) is 27.3. The molecule has 2 unspecified atom stereocenters. The van der Waals surface area contributed by atoms with Crippen molar-refractivity contribution in [3.05, 3.63) is 88.6 Å². The Morgan fingerprint density at radius 2 is 1.76 bits per heavy atom. The Hall–Kier alpha value is -4.09. The Morgan fingerprint density at radius 3 is 2.32 bits per heavy atom. The number of rotatable bonds is 9. The molecular formula is C30H35N5O3. The lowest BCUT2D eigenvalue weighted by Crippen LogP contribution is -2.45. The molecule has 0 radical (unpaired) electrons. The predicted molar refractivity (Wildman–Crippen MR) is 147 cm³/mol. The van der Waals surface area contributed by atoms with Crippen LogP contribution >= 0.6 is 0 Å². The third-order valence-electron chi connectivity index (χ3n) is 7.89. The summed E-state index contributed by atoms with van der Waals surface area (Å²) in [6.07, 6.45) is 3.18. The fourth-order valence-corrected chi connectivity index (χ4v) is 5.94. The van der Waals surface area contributed by atoms with Gasteiger partial charge in [0.15, 0.2) is 0 Å². The average Bonchev–Trinajstić information content (AvgIpc) is 3.33. The number of nitrogens with two attached hydrogens (primary N) is 2. The van der Waals surface area contributed by atoms with Gasteiger partial charge < -0.3 is 26.8 Å². The van der Waals surface area contributed by atoms with Crippen LogP contribution in [0.5, 0.6) is 0 Å². The molecule has 38 heavy (non-hydrogen) atoms. The first-order chi connectivity index (χ1) is 18.1. The Labute approximate surface area is 223 Å². The predicted octanol–water partition coefficient (Wildman–Crippen LogP) is 3.05. The molecule has 1 aliphatic carbocycles. The zero-order valence-electron chi connectivity index (χ0n) is 21.8. The van der Waals surface area contributed by atoms with Crippen molar-refractivity contribution in [1.82, 2.24) is 10.2 Å². The molecule has 2 aromatic carbocycles. The van der Waals surface area contributed by atoms with E-state index >= 15 is 0 Å². The quantitative estimate of drug-likeness (QED) is 0.403. The molecule has 0 spiro atoms. The number of fused-ring (bicyclic) bond motifs is 2. The second kappa shape index (κ2) is 10.7. The van der Waals surface area contributed by atoms with Crippen LogP contribution in [0.25, 0.3) is 5.70 Å². The number of carboxylic acid groups (broad SMARTS) is 1. The Morgan fingerprint density at radius 1 is 1.16 bits per heavy atom. The van der Waals surface area contributed by atoms with E-state index in [9.17, 15) is 20.0 Å². The van der Waals surface area contributed by atoms with Crippen molar-refractivity contribution >= 4 is 17.6 Å². The first-order valence-corrected chi connectivity index (χ1v) is 12.9. The lowest BCUT2D eigenvalue weighted by molar-refractivity contribution is -0.142. The summed E-state index contributed by atoms with van der Waals surface area (Å²) in [7, 11) is 0. The second-order valence-corrected chi connectivity index (χ2v) is 10.4. The number of nitriles is 1. The van der Waals surface area contributed by atoms with E-state index in [1.165, 1.54) is 0 Å². The lowest BCUT2D eigenvalue weighted by Gasteiger charge is -2.35. The van der Waals surface area contributed by atoms with Crippen LogP contribution in [-0.2, 0) is 23.1 Å². The molecule has 1 fully saturated rings. The standard InChI is InChI=1S/C30H35N5O3/c1-18(34-17-19(2)35-12-4-5-25(35)16-31)15-30(29(37)38)26-10-8-21(20(3)32)13-22(26)6-7-23-14-24(28(33)36)9-11-27(23)30/h8-11,13-14,18,25,34H,2-7,12,15,17,32H2,1H3,(H2,33,36)(H,37,38)/t18-,25?,30?/m1/s1. The molecule has 1 heterocycles. The minimum absolute atomic E-state index is 0.170. The highest BCUT2D eigenvalue weighted by Crippen LogP contribution is 2.44. The SMILES string of the molecule is C=C(N)c1ccc2c(c1)CCc1cc(C(N)=O)ccc1C2(C[C@@H](C)NCC(=C)N1CCCC1C#N)C(=O)O. The number of likely N-dealkylation sites (tertiary alicyclic amines) is 1. The van der Waals surface area contributed by atoms with Crippen LogP contribution in [-0.4, -0.2) is 47.1 Å². The van der Waals surface area contributed by atoms with Crippen molar-refractivity contribution in [1.29, 1.82) is 5.26 Å². The molecule has 1 aliphatic heterocycles. The Bertz CT molecular complexity index is 1280. The minimum atomic E-state index is -1.37. The third-order valence-corrected chi connectivity index (χ3v) is 7.89. The maximum Gasteiger partial charge on any atom is 0.318 e. The number of nitrogens with zero attached hydrogens (tertiary/aromatic N) is 2. The maximum absolute atomic E-state index is 13.3. The largest absolute Gasteiger partial charge is 0.480 e. The molecule has 0 saturated carbocycles. The van der Waals surface area contributed by atoms with Crippen LogP contribution in [0.15, 0.2) is 55.3 Å². The van der Waals surface area contributed by atoms with Gasteiger partial charge in [-0.05, 0) is 85.0 Å². The van der Waals surface area contributed by atoms with Crippen molar-refractivity contribution < 1.29 is 14.7 Å². The smallest absolute Gasteiger partial charge is 0.318 e. The van der Waals surface area contributed by atoms with Crippen molar-refractivity contribution in [2.45, 2.75) is 56.5 Å². The van der Waals surface area contributed by atoms with Crippen molar-refractivity contribution in [3.8, 4) is 6.07 Å². The number of nitrogens with one attached hydrogen (secondary N) is 1. The van der Waals surface area contributed by atoms with E-state index in [2.05, 4.69) is 24.5 Å². The number of amides is 1. The van der Waals surface area contributed by atoms with Crippen LogP contribution in [0.1, 0.15) is 64.4 Å². The highest BCUT2D eigenvalue weighted by Gasteiger charge is 2.47. The Kier molecular flexibility index (Phi) is 7.61. The lowest BCUT2D eigenvalue weighted by atomic mass is 9.68. The van der Waals surface area contributed by atoms with Gasteiger partial charge >= 0.3 is 5.97 Å². The number of benzene rings is 2. The van der Waals surface area contributed by atoms with Gasteiger partial charge in [0, 0.05) is 36.1 Å². The van der Waals surface area contributed by atoms with Crippen molar-refractivity contribution in [2.75, 3.05) is 13.1 Å². The van der Waals surface area contributed by atoms with Gasteiger partial charge in [0.05, 0.1) is 6.07 Å². The van der Waals surface area contributed by atoms with Crippen LogP contribution in [0.4, 0.5) is 0 Å². The summed E-state index contributed by atoms with van der Waals surface area (Å²) in [5.74, 6) is -1.52. The number of carboxylic acids is 1. The number of aryl methyl sites for hydroxylation is 2. The fraction of sp³-hybridized carbons (Fsp3) is 0.367. The number of aliphatic carboxylic acids is 1. The van der Waals surface area contributed by atoms with Gasteiger partial charge in [0.25, 0.3) is 0 Å². The van der Waals surface area contributed by atoms with Gasteiger partial charge in [0.2, 0.25) is 5.91 Å². The summed E-state index contributed by atoms with van der Waals surface area (Å²) < 4.78 is 0. The van der Waals surface area contributed by atoms with E-state index in [0.717, 1.165) is 41.8 Å². The van der Waals surface area contributed by atoms with E-state index in [0.29, 0.717) is 41.8 Å². The highest BCUT2D eigenvalue weighted by atomic mass is 16.4. The van der Waals surface area contributed by atoms with Gasteiger partial charge in [-0.25, -0.2) is 0 Å². The first kappa shape index (κ1) is 27.0. The maximum atomic E-state index is 13.3. The molecule has 0 aromatic heterocycles. The summed E-state index contributed by atoms with van der Waals surface area (Å²) in [5, 5.41) is 23.8. The molecule has 2 aliphatic rings. The molecule has 8 nitrogen and oxygen atoms in total. The summed E-state index contributed by atoms with van der Waals surface area (Å²) in [5.41, 5.74) is 15.5. The molecule has 198 valence electrons. The van der Waals surface area contributed by atoms with Gasteiger partial charge in [-0.2, -0.15) is 5.26 Å².